The minimum Gasteiger partial charge on any atom is -0.497 e. The average Bonchev–Trinajstić information content (AvgIpc) is 3.53. The maximum absolute atomic E-state index is 14.1. The number of methoxy groups -OCH3 is 1. The van der Waals surface area contributed by atoms with E-state index in [0.29, 0.717) is 29.3 Å². The van der Waals surface area contributed by atoms with Crippen molar-refractivity contribution in [3.8, 4) is 5.75 Å². The van der Waals surface area contributed by atoms with Gasteiger partial charge in [0, 0.05) is 19.0 Å². The lowest BCUT2D eigenvalue weighted by Gasteiger charge is -2.34. The summed E-state index contributed by atoms with van der Waals surface area (Å²) in [7, 11) is 1.57. The molecule has 1 saturated carbocycles. The molecule has 1 saturated heterocycles. The maximum atomic E-state index is 14.1. The first-order valence-corrected chi connectivity index (χ1v) is 13.3. The van der Waals surface area contributed by atoms with Gasteiger partial charge in [0.1, 0.15) is 23.8 Å². The predicted octanol–water partition coefficient (Wildman–Crippen LogP) is 4.29. The largest absolute Gasteiger partial charge is 0.497 e. The van der Waals surface area contributed by atoms with Crippen molar-refractivity contribution in [3.63, 3.8) is 0 Å². The molecular weight excluding hydrogens is 496 g/mol. The second-order valence-electron chi connectivity index (χ2n) is 11.5. The van der Waals surface area contributed by atoms with Gasteiger partial charge in [-0.1, -0.05) is 33.6 Å². The van der Waals surface area contributed by atoms with E-state index in [1.807, 2.05) is 32.9 Å². The van der Waals surface area contributed by atoms with Gasteiger partial charge >= 0.3 is 0 Å². The molecule has 2 heterocycles. The maximum Gasteiger partial charge on any atom is 0.276 e. The van der Waals surface area contributed by atoms with E-state index in [9.17, 15) is 23.2 Å². The Morgan fingerprint density at radius 1 is 1.29 bits per heavy atom. The molecule has 8 nitrogen and oxygen atoms in total. The lowest BCUT2D eigenvalue weighted by atomic mass is 9.87. The number of aromatic nitrogens is 2. The number of H-pyrrole nitrogens is 1. The molecule has 208 valence electrons. The fourth-order valence-electron chi connectivity index (χ4n) is 5.13. The number of nitrogens with zero attached hydrogens (tertiary/aromatic N) is 2. The molecule has 1 aliphatic carbocycles. The minimum absolute atomic E-state index is 0.0945. The molecule has 1 N–H and O–H groups in total. The molecule has 1 aromatic carbocycles. The van der Waals surface area contributed by atoms with Crippen LogP contribution in [0.15, 0.2) is 23.0 Å². The van der Waals surface area contributed by atoms with Crippen LogP contribution in [-0.2, 0) is 20.7 Å². The molecule has 2 fully saturated rings. The fourth-order valence-corrected chi connectivity index (χ4v) is 5.13. The Morgan fingerprint density at radius 3 is 2.74 bits per heavy atom. The van der Waals surface area contributed by atoms with Crippen molar-refractivity contribution in [2.75, 3.05) is 13.7 Å². The van der Waals surface area contributed by atoms with Crippen LogP contribution in [0.3, 0.4) is 0 Å². The van der Waals surface area contributed by atoms with E-state index in [1.165, 1.54) is 0 Å². The smallest absolute Gasteiger partial charge is 0.276 e. The summed E-state index contributed by atoms with van der Waals surface area (Å²) in [4.78, 5) is 45.2. The normalized spacial score (nSPS) is 23.4. The number of hydrogen-bond acceptors (Lipinski definition) is 6. The van der Waals surface area contributed by atoms with Crippen molar-refractivity contribution in [2.45, 2.75) is 89.9 Å². The molecule has 1 aliphatic heterocycles. The van der Waals surface area contributed by atoms with E-state index in [2.05, 4.69) is 9.97 Å². The molecule has 0 spiro atoms. The van der Waals surface area contributed by atoms with E-state index in [0.717, 1.165) is 42.5 Å². The van der Waals surface area contributed by atoms with E-state index < -0.39 is 35.8 Å². The number of aryl methyl sites for hydroxylation is 1. The van der Waals surface area contributed by atoms with E-state index in [4.69, 9.17) is 9.47 Å². The van der Waals surface area contributed by atoms with E-state index >= 15 is 0 Å². The SMILES string of the molecule is COc1ccc2nc(CCCCCC3C[C@H]3O[C@H](C(=O)N3CCC(F)(F)C3C=O)C(C)(C)C)c(=O)[nH]c2c1. The first-order valence-electron chi connectivity index (χ1n) is 13.3. The number of carbonyl (C=O) groups is 2. The van der Waals surface area contributed by atoms with Crippen LogP contribution in [0.25, 0.3) is 11.0 Å². The topological polar surface area (TPSA) is 102 Å². The van der Waals surface area contributed by atoms with Crippen molar-refractivity contribution < 1.29 is 27.8 Å². The number of amides is 1. The van der Waals surface area contributed by atoms with Gasteiger partial charge in [-0.2, -0.15) is 0 Å². The van der Waals surface area contributed by atoms with Crippen LogP contribution in [-0.4, -0.2) is 64.9 Å². The first kappa shape index (κ1) is 28.1. The van der Waals surface area contributed by atoms with Crippen LogP contribution in [0.1, 0.15) is 65.0 Å². The number of hydrogen-bond donors (Lipinski definition) is 1. The van der Waals surface area contributed by atoms with Crippen molar-refractivity contribution in [3.05, 3.63) is 34.2 Å². The Morgan fingerprint density at radius 2 is 2.05 bits per heavy atom. The average molecular weight is 534 g/mol. The number of aldehydes is 1. The number of likely N-dealkylation sites (tertiary alicyclic amines) is 1. The van der Waals surface area contributed by atoms with Gasteiger partial charge in [0.25, 0.3) is 17.4 Å². The molecule has 1 amide bonds. The fraction of sp³-hybridized carbons (Fsp3) is 0.643. The number of fused-ring (bicyclic) bond motifs is 1. The number of nitrogens with one attached hydrogen (secondary N) is 1. The standard InChI is InChI=1S/C28H37F2N3O5/c1-27(2,3)24(26(36)33-13-12-28(29,30)23(33)16-34)38-22-14-17(22)8-6-5-7-9-20-25(35)32-21-15-18(37-4)10-11-19(21)31-20/h10-11,15-17,22-24H,5-9,12-14H2,1-4H3,(H,32,35)/t17?,22-,23?,24-/m1/s1. The number of benzene rings is 1. The van der Waals surface area contributed by atoms with Gasteiger partial charge < -0.3 is 24.2 Å². The zero-order chi connectivity index (χ0) is 27.7. The molecule has 4 rings (SSSR count). The first-order chi connectivity index (χ1) is 17.9. The summed E-state index contributed by atoms with van der Waals surface area (Å²) in [6.07, 6.45) is 3.71. The van der Waals surface area contributed by atoms with Gasteiger partial charge in [-0.15, -0.1) is 0 Å². The van der Waals surface area contributed by atoms with Crippen molar-refractivity contribution in [2.24, 2.45) is 11.3 Å². The van der Waals surface area contributed by atoms with Gasteiger partial charge in [0.05, 0.1) is 24.2 Å². The van der Waals surface area contributed by atoms with Gasteiger partial charge in [0.2, 0.25) is 0 Å². The van der Waals surface area contributed by atoms with Gasteiger partial charge in [-0.3, -0.25) is 9.59 Å². The third kappa shape index (κ3) is 6.22. The third-order valence-corrected chi connectivity index (χ3v) is 7.50. The zero-order valence-electron chi connectivity index (χ0n) is 22.5. The molecule has 1 aromatic heterocycles. The highest BCUT2D eigenvalue weighted by Crippen LogP contribution is 2.42. The van der Waals surface area contributed by atoms with Gasteiger partial charge in [-0.05, 0) is 49.1 Å². The third-order valence-electron chi connectivity index (χ3n) is 7.50. The number of aromatic amines is 1. The number of ether oxygens (including phenoxy) is 2. The predicted molar refractivity (Wildman–Crippen MR) is 138 cm³/mol. The summed E-state index contributed by atoms with van der Waals surface area (Å²) >= 11 is 0. The van der Waals surface area contributed by atoms with Crippen molar-refractivity contribution in [1.82, 2.24) is 14.9 Å². The Bertz CT molecular complexity index is 1230. The summed E-state index contributed by atoms with van der Waals surface area (Å²) in [6, 6.07) is 3.65. The Kier molecular flexibility index (Phi) is 8.20. The Balaban J connectivity index is 1.24. The minimum atomic E-state index is -3.21. The Labute approximate surface area is 221 Å². The van der Waals surface area contributed by atoms with Gasteiger partial charge in [-0.25, -0.2) is 13.8 Å². The van der Waals surface area contributed by atoms with Crippen LogP contribution in [0, 0.1) is 11.3 Å². The summed E-state index contributed by atoms with van der Waals surface area (Å²) in [5, 5.41) is 0. The molecule has 38 heavy (non-hydrogen) atoms. The summed E-state index contributed by atoms with van der Waals surface area (Å²) in [5.41, 5.74) is 1.10. The molecule has 10 heteroatoms. The highest BCUT2D eigenvalue weighted by atomic mass is 19.3. The van der Waals surface area contributed by atoms with E-state index in [-0.39, 0.29) is 24.5 Å². The van der Waals surface area contributed by atoms with Crippen LogP contribution in [0.5, 0.6) is 5.75 Å². The Hall–Kier alpha value is -2.88. The van der Waals surface area contributed by atoms with Crippen LogP contribution in [0.4, 0.5) is 8.78 Å². The molecule has 0 radical (unpaired) electrons. The molecule has 0 bridgehead atoms. The van der Waals surface area contributed by atoms with Crippen molar-refractivity contribution >= 4 is 23.2 Å². The lowest BCUT2D eigenvalue weighted by molar-refractivity contribution is -0.158. The van der Waals surface area contributed by atoms with Crippen LogP contribution in [0.2, 0.25) is 0 Å². The number of halogens is 2. The summed E-state index contributed by atoms with van der Waals surface area (Å²) in [6.45, 7) is 5.38. The molecule has 2 aliphatic rings. The second-order valence-corrected chi connectivity index (χ2v) is 11.5. The van der Waals surface area contributed by atoms with Crippen molar-refractivity contribution in [1.29, 1.82) is 0 Å². The quantitative estimate of drug-likeness (QED) is 0.342. The second kappa shape index (κ2) is 11.1. The molecule has 2 unspecified atom stereocenters. The summed E-state index contributed by atoms with van der Waals surface area (Å²) < 4.78 is 39.4. The van der Waals surface area contributed by atoms with Crippen LogP contribution >= 0.6 is 0 Å². The highest BCUT2D eigenvalue weighted by Gasteiger charge is 2.54. The highest BCUT2D eigenvalue weighted by molar-refractivity contribution is 5.85. The molecular formula is C28H37F2N3O5. The van der Waals surface area contributed by atoms with Gasteiger partial charge in [0.15, 0.2) is 6.04 Å². The lowest BCUT2D eigenvalue weighted by Crippen LogP contribution is -2.51. The number of rotatable bonds is 11. The summed E-state index contributed by atoms with van der Waals surface area (Å²) in [5.74, 6) is -2.77. The monoisotopic (exact) mass is 533 g/mol. The molecule has 4 atom stereocenters. The number of carbonyl (C=O) groups excluding carboxylic acids is 2. The number of unbranched alkanes of at least 4 members (excludes halogenated alkanes) is 2. The number of alkyl halides is 2. The van der Waals surface area contributed by atoms with Crippen LogP contribution < -0.4 is 10.3 Å². The zero-order valence-corrected chi connectivity index (χ0v) is 22.5. The van der Waals surface area contributed by atoms with E-state index in [1.54, 1.807) is 13.2 Å². The molecule has 2 aromatic rings.